The molecule has 1 fully saturated rings. The summed E-state index contributed by atoms with van der Waals surface area (Å²) in [6.07, 6.45) is 2.66. The summed E-state index contributed by atoms with van der Waals surface area (Å²) in [5.41, 5.74) is -0.851. The molecule has 0 radical (unpaired) electrons. The van der Waals surface area contributed by atoms with Gasteiger partial charge in [0.1, 0.15) is 5.54 Å². The standard InChI is InChI=1S/C12H23NO4/c1-12(11(14)15,6-8-16-2)13(7-9-17-3)10-4-5-10/h10H,4-9H2,1-3H3,(H,14,15). The molecule has 0 aliphatic heterocycles. The van der Waals surface area contributed by atoms with Crippen LogP contribution in [0, 0.1) is 0 Å². The lowest BCUT2D eigenvalue weighted by atomic mass is 9.95. The second-order valence-corrected chi connectivity index (χ2v) is 4.74. The van der Waals surface area contributed by atoms with E-state index < -0.39 is 11.5 Å². The van der Waals surface area contributed by atoms with Gasteiger partial charge in [0.05, 0.1) is 6.61 Å². The lowest BCUT2D eigenvalue weighted by Gasteiger charge is -2.38. The van der Waals surface area contributed by atoms with Crippen molar-refractivity contribution in [1.82, 2.24) is 4.90 Å². The fourth-order valence-corrected chi connectivity index (χ4v) is 2.08. The zero-order valence-corrected chi connectivity index (χ0v) is 10.9. The third-order valence-corrected chi connectivity index (χ3v) is 3.41. The molecular weight excluding hydrogens is 222 g/mol. The van der Waals surface area contributed by atoms with E-state index in [0.717, 1.165) is 12.8 Å². The Balaban J connectivity index is 2.72. The van der Waals surface area contributed by atoms with E-state index in [1.807, 2.05) is 0 Å². The Labute approximate surface area is 103 Å². The Kier molecular flexibility index (Phi) is 5.36. The quantitative estimate of drug-likeness (QED) is 0.656. The van der Waals surface area contributed by atoms with E-state index in [1.165, 1.54) is 0 Å². The Bertz CT molecular complexity index is 255. The van der Waals surface area contributed by atoms with Gasteiger partial charge in [0.15, 0.2) is 0 Å². The number of hydrogen-bond donors (Lipinski definition) is 1. The smallest absolute Gasteiger partial charge is 0.323 e. The summed E-state index contributed by atoms with van der Waals surface area (Å²) in [6, 6.07) is 0.392. The molecule has 5 heteroatoms. The lowest BCUT2D eigenvalue weighted by molar-refractivity contribution is -0.153. The molecule has 1 aliphatic carbocycles. The molecule has 1 unspecified atom stereocenters. The van der Waals surface area contributed by atoms with Gasteiger partial charge in [0.2, 0.25) is 0 Å². The van der Waals surface area contributed by atoms with E-state index in [2.05, 4.69) is 4.90 Å². The average Bonchev–Trinajstić information content (AvgIpc) is 3.10. The number of rotatable bonds is 9. The highest BCUT2D eigenvalue weighted by atomic mass is 16.5. The van der Waals surface area contributed by atoms with E-state index in [9.17, 15) is 9.90 Å². The molecule has 0 aromatic rings. The largest absolute Gasteiger partial charge is 0.480 e. The van der Waals surface area contributed by atoms with Crippen LogP contribution in [-0.4, -0.2) is 61.5 Å². The average molecular weight is 245 g/mol. The van der Waals surface area contributed by atoms with Crippen molar-refractivity contribution in [3.8, 4) is 0 Å². The van der Waals surface area contributed by atoms with E-state index in [-0.39, 0.29) is 0 Å². The van der Waals surface area contributed by atoms with Gasteiger partial charge in [-0.15, -0.1) is 0 Å². The molecule has 1 aliphatic rings. The summed E-state index contributed by atoms with van der Waals surface area (Å²) in [5, 5.41) is 9.47. The first-order chi connectivity index (χ1) is 8.06. The minimum Gasteiger partial charge on any atom is -0.480 e. The Hall–Kier alpha value is -0.650. The van der Waals surface area contributed by atoms with Crippen LogP contribution in [-0.2, 0) is 14.3 Å². The predicted octanol–water partition coefficient (Wildman–Crippen LogP) is 0.977. The highest BCUT2D eigenvalue weighted by Crippen LogP contribution is 2.34. The third-order valence-electron chi connectivity index (χ3n) is 3.41. The SMILES string of the molecule is COCCN(C1CC1)C(C)(CCOC)C(=O)O. The van der Waals surface area contributed by atoms with Crippen molar-refractivity contribution in [2.45, 2.75) is 37.8 Å². The zero-order chi connectivity index (χ0) is 12.9. The molecule has 1 rings (SSSR count). The molecule has 1 N–H and O–H groups in total. The number of carbonyl (C=O) groups is 1. The minimum atomic E-state index is -0.851. The zero-order valence-electron chi connectivity index (χ0n) is 10.9. The van der Waals surface area contributed by atoms with Crippen molar-refractivity contribution >= 4 is 5.97 Å². The van der Waals surface area contributed by atoms with Crippen LogP contribution in [0.2, 0.25) is 0 Å². The monoisotopic (exact) mass is 245 g/mol. The number of carboxylic acid groups (broad SMARTS) is 1. The maximum Gasteiger partial charge on any atom is 0.323 e. The molecule has 0 spiro atoms. The Morgan fingerprint density at radius 2 is 1.94 bits per heavy atom. The van der Waals surface area contributed by atoms with Crippen molar-refractivity contribution in [3.63, 3.8) is 0 Å². The van der Waals surface area contributed by atoms with Gasteiger partial charge in [-0.25, -0.2) is 0 Å². The van der Waals surface area contributed by atoms with Crippen LogP contribution in [0.25, 0.3) is 0 Å². The van der Waals surface area contributed by atoms with E-state index in [0.29, 0.717) is 32.2 Å². The van der Waals surface area contributed by atoms with Gasteiger partial charge >= 0.3 is 5.97 Å². The molecule has 100 valence electrons. The van der Waals surface area contributed by atoms with Gasteiger partial charge in [-0.05, 0) is 26.2 Å². The first-order valence-corrected chi connectivity index (χ1v) is 6.04. The maximum absolute atomic E-state index is 11.5. The van der Waals surface area contributed by atoms with Crippen molar-refractivity contribution in [2.24, 2.45) is 0 Å². The number of carboxylic acids is 1. The molecule has 0 heterocycles. The van der Waals surface area contributed by atoms with Crippen molar-refractivity contribution in [2.75, 3.05) is 34.0 Å². The number of aliphatic carboxylic acids is 1. The lowest BCUT2D eigenvalue weighted by Crippen LogP contribution is -2.55. The number of ether oxygens (including phenoxy) is 2. The first kappa shape index (κ1) is 14.4. The highest BCUT2D eigenvalue weighted by molar-refractivity contribution is 5.78. The fourth-order valence-electron chi connectivity index (χ4n) is 2.08. The maximum atomic E-state index is 11.5. The van der Waals surface area contributed by atoms with Gasteiger partial charge in [-0.1, -0.05) is 0 Å². The summed E-state index contributed by atoms with van der Waals surface area (Å²) >= 11 is 0. The van der Waals surface area contributed by atoms with Crippen LogP contribution in [0.4, 0.5) is 0 Å². The van der Waals surface area contributed by atoms with Gasteiger partial charge in [-0.3, -0.25) is 9.69 Å². The first-order valence-electron chi connectivity index (χ1n) is 6.04. The molecule has 0 aromatic carbocycles. The van der Waals surface area contributed by atoms with E-state index >= 15 is 0 Å². The van der Waals surface area contributed by atoms with Gasteiger partial charge < -0.3 is 14.6 Å². The van der Waals surface area contributed by atoms with Crippen LogP contribution in [0.3, 0.4) is 0 Å². The van der Waals surface area contributed by atoms with Crippen molar-refractivity contribution in [1.29, 1.82) is 0 Å². The third kappa shape index (κ3) is 3.66. The number of nitrogens with zero attached hydrogens (tertiary/aromatic N) is 1. The van der Waals surface area contributed by atoms with Crippen molar-refractivity contribution < 1.29 is 19.4 Å². The van der Waals surface area contributed by atoms with Crippen LogP contribution in [0.15, 0.2) is 0 Å². The molecule has 0 amide bonds. The number of methoxy groups -OCH3 is 2. The molecular formula is C12H23NO4. The molecule has 0 saturated heterocycles. The normalized spacial score (nSPS) is 19.3. The second-order valence-electron chi connectivity index (χ2n) is 4.74. The molecule has 1 saturated carbocycles. The van der Waals surface area contributed by atoms with Crippen LogP contribution in [0.1, 0.15) is 26.2 Å². The van der Waals surface area contributed by atoms with Crippen molar-refractivity contribution in [3.05, 3.63) is 0 Å². The molecule has 1 atom stereocenters. The molecule has 5 nitrogen and oxygen atoms in total. The van der Waals surface area contributed by atoms with Crippen LogP contribution < -0.4 is 0 Å². The van der Waals surface area contributed by atoms with Crippen LogP contribution >= 0.6 is 0 Å². The summed E-state index contributed by atoms with van der Waals surface area (Å²) in [7, 11) is 3.23. The summed E-state index contributed by atoms with van der Waals surface area (Å²) in [6.45, 7) is 3.46. The van der Waals surface area contributed by atoms with Gasteiger partial charge in [0.25, 0.3) is 0 Å². The Morgan fingerprint density at radius 3 is 2.35 bits per heavy atom. The number of hydrogen-bond acceptors (Lipinski definition) is 4. The summed E-state index contributed by atoms with van der Waals surface area (Å²) in [4.78, 5) is 13.6. The summed E-state index contributed by atoms with van der Waals surface area (Å²) < 4.78 is 10.1. The molecule has 0 bridgehead atoms. The van der Waals surface area contributed by atoms with E-state index in [4.69, 9.17) is 9.47 Å². The van der Waals surface area contributed by atoms with E-state index in [1.54, 1.807) is 21.1 Å². The molecule has 0 aromatic heterocycles. The Morgan fingerprint density at radius 1 is 1.35 bits per heavy atom. The molecule has 17 heavy (non-hydrogen) atoms. The minimum absolute atomic E-state index is 0.392. The summed E-state index contributed by atoms with van der Waals surface area (Å²) in [5.74, 6) is -0.780. The predicted molar refractivity (Wildman–Crippen MR) is 64.1 cm³/mol. The second kappa shape index (κ2) is 6.33. The topological polar surface area (TPSA) is 59.0 Å². The van der Waals surface area contributed by atoms with Gasteiger partial charge in [0, 0.05) is 33.4 Å². The highest BCUT2D eigenvalue weighted by Gasteiger charge is 2.45. The fraction of sp³-hybridized carbons (Fsp3) is 0.917. The van der Waals surface area contributed by atoms with Crippen LogP contribution in [0.5, 0.6) is 0 Å². The van der Waals surface area contributed by atoms with Gasteiger partial charge in [-0.2, -0.15) is 0 Å².